The molecule has 2 nitrogen and oxygen atoms in total. The lowest BCUT2D eigenvalue weighted by Crippen LogP contribution is -1.95. The minimum atomic E-state index is 0.718. The Kier molecular flexibility index (Phi) is 2.88. The summed E-state index contributed by atoms with van der Waals surface area (Å²) in [5, 5.41) is 1.92. The minimum absolute atomic E-state index is 0.718. The molecule has 2 aromatic heterocycles. The van der Waals surface area contributed by atoms with Crippen LogP contribution in [-0.2, 0) is 0 Å². The Morgan fingerprint density at radius 3 is 2.38 bits per heavy atom. The van der Waals surface area contributed by atoms with E-state index in [1.807, 2.05) is 36.4 Å². The maximum absolute atomic E-state index is 6.25. The number of para-hydroxylation sites is 1. The average Bonchev–Trinajstić information content (AvgIpc) is 3.02. The Hall–Kier alpha value is -2.84. The second-order valence-corrected chi connectivity index (χ2v) is 6.32. The first-order chi connectivity index (χ1) is 11.8. The van der Waals surface area contributed by atoms with E-state index in [-0.39, 0.29) is 0 Å². The predicted molar refractivity (Wildman–Crippen MR) is 101 cm³/mol. The smallest absolute Gasteiger partial charge is 0.0950 e. The van der Waals surface area contributed by atoms with Gasteiger partial charge in [0.25, 0.3) is 0 Å². The Bertz CT molecular complexity index is 1210. The van der Waals surface area contributed by atoms with Crippen molar-refractivity contribution in [1.82, 2.24) is 9.38 Å². The zero-order valence-electron chi connectivity index (χ0n) is 12.8. The number of aromatic nitrogens is 2. The van der Waals surface area contributed by atoms with Gasteiger partial charge in [0.1, 0.15) is 0 Å². The van der Waals surface area contributed by atoms with E-state index < -0.39 is 0 Å². The molecule has 0 atom stereocenters. The van der Waals surface area contributed by atoms with E-state index in [1.54, 1.807) is 0 Å². The molecule has 0 saturated carbocycles. The number of fused-ring (bicyclic) bond motifs is 5. The van der Waals surface area contributed by atoms with Gasteiger partial charge in [0.15, 0.2) is 0 Å². The fourth-order valence-corrected chi connectivity index (χ4v) is 3.51. The third-order valence-electron chi connectivity index (χ3n) is 4.41. The van der Waals surface area contributed by atoms with E-state index in [9.17, 15) is 0 Å². The fraction of sp³-hybridized carbons (Fsp3) is 0. The summed E-state index contributed by atoms with van der Waals surface area (Å²) in [6.07, 6.45) is 0. The van der Waals surface area contributed by atoms with Crippen LogP contribution in [0.3, 0.4) is 0 Å². The Balaban J connectivity index is 2.05. The molecular formula is C21H13ClN2. The lowest BCUT2D eigenvalue weighted by atomic mass is 10.1. The molecule has 0 radical (unpaired) electrons. The number of halogens is 1. The number of benzene rings is 3. The zero-order chi connectivity index (χ0) is 16.1. The molecule has 0 N–H and O–H groups in total. The summed E-state index contributed by atoms with van der Waals surface area (Å²) in [4.78, 5) is 4.93. The first-order valence-electron chi connectivity index (χ1n) is 7.86. The van der Waals surface area contributed by atoms with E-state index in [0.29, 0.717) is 0 Å². The van der Waals surface area contributed by atoms with Crippen LogP contribution in [0.15, 0.2) is 78.9 Å². The van der Waals surface area contributed by atoms with Crippen LogP contribution >= 0.6 is 11.6 Å². The molecule has 3 heteroatoms. The highest BCUT2D eigenvalue weighted by atomic mass is 35.5. The number of hydrogen-bond acceptors (Lipinski definition) is 1. The van der Waals surface area contributed by atoms with Crippen LogP contribution in [0.1, 0.15) is 0 Å². The first-order valence-corrected chi connectivity index (χ1v) is 8.24. The van der Waals surface area contributed by atoms with Crippen LogP contribution in [0.5, 0.6) is 0 Å². The van der Waals surface area contributed by atoms with E-state index in [2.05, 4.69) is 46.9 Å². The Morgan fingerprint density at radius 1 is 0.708 bits per heavy atom. The summed E-state index contributed by atoms with van der Waals surface area (Å²) in [7, 11) is 0. The van der Waals surface area contributed by atoms with Crippen molar-refractivity contribution in [3.63, 3.8) is 0 Å². The first kappa shape index (κ1) is 13.6. The number of hydrogen-bond donors (Lipinski definition) is 0. The zero-order valence-corrected chi connectivity index (χ0v) is 13.5. The lowest BCUT2D eigenvalue weighted by molar-refractivity contribution is 1.27. The van der Waals surface area contributed by atoms with Crippen molar-refractivity contribution < 1.29 is 0 Å². The quantitative estimate of drug-likeness (QED) is 0.371. The lowest BCUT2D eigenvalue weighted by Gasteiger charge is -2.10. The van der Waals surface area contributed by atoms with Crippen molar-refractivity contribution in [3.05, 3.63) is 83.9 Å². The topological polar surface area (TPSA) is 17.3 Å². The molecule has 0 unspecified atom stereocenters. The summed E-state index contributed by atoms with van der Waals surface area (Å²) >= 11 is 6.25. The van der Waals surface area contributed by atoms with Crippen molar-refractivity contribution >= 4 is 39.1 Å². The van der Waals surface area contributed by atoms with Gasteiger partial charge in [-0.25, -0.2) is 4.98 Å². The highest BCUT2D eigenvalue weighted by molar-refractivity contribution is 6.31. The molecule has 0 aliphatic carbocycles. The van der Waals surface area contributed by atoms with Crippen LogP contribution < -0.4 is 0 Å². The van der Waals surface area contributed by atoms with Gasteiger partial charge < -0.3 is 4.40 Å². The van der Waals surface area contributed by atoms with Gasteiger partial charge in [0.2, 0.25) is 0 Å². The van der Waals surface area contributed by atoms with Crippen LogP contribution in [0.25, 0.3) is 38.7 Å². The SMILES string of the molecule is Clc1ccc2nc(-c3ccccc3)c3cc4ccccc4n3c2c1. The van der Waals surface area contributed by atoms with E-state index in [4.69, 9.17) is 16.6 Å². The molecule has 3 aromatic carbocycles. The minimum Gasteiger partial charge on any atom is -0.305 e. The van der Waals surface area contributed by atoms with Crippen molar-refractivity contribution in [2.75, 3.05) is 0 Å². The van der Waals surface area contributed by atoms with E-state index in [0.717, 1.165) is 32.8 Å². The largest absolute Gasteiger partial charge is 0.305 e. The van der Waals surface area contributed by atoms with Gasteiger partial charge in [0.05, 0.1) is 27.8 Å². The molecule has 0 bridgehead atoms. The number of rotatable bonds is 1. The summed E-state index contributed by atoms with van der Waals surface area (Å²) in [5.41, 5.74) is 6.32. The average molecular weight is 329 g/mol. The maximum Gasteiger partial charge on any atom is 0.0950 e. The molecule has 0 amide bonds. The Morgan fingerprint density at radius 2 is 1.50 bits per heavy atom. The molecule has 0 aliphatic rings. The van der Waals surface area contributed by atoms with Gasteiger partial charge in [-0.2, -0.15) is 0 Å². The number of nitrogens with zero attached hydrogens (tertiary/aromatic N) is 2. The molecule has 24 heavy (non-hydrogen) atoms. The Labute approximate surface area is 143 Å². The summed E-state index contributed by atoms with van der Waals surface area (Å²) < 4.78 is 2.26. The van der Waals surface area contributed by atoms with Crippen LogP contribution in [0, 0.1) is 0 Å². The van der Waals surface area contributed by atoms with Crippen molar-refractivity contribution in [1.29, 1.82) is 0 Å². The molecule has 114 valence electrons. The molecule has 2 heterocycles. The second-order valence-electron chi connectivity index (χ2n) is 5.88. The molecular weight excluding hydrogens is 316 g/mol. The summed E-state index contributed by atoms with van der Waals surface area (Å²) in [6.45, 7) is 0. The van der Waals surface area contributed by atoms with Gasteiger partial charge in [0, 0.05) is 16.0 Å². The van der Waals surface area contributed by atoms with Gasteiger partial charge in [-0.3, -0.25) is 0 Å². The molecule has 0 saturated heterocycles. The highest BCUT2D eigenvalue weighted by Crippen LogP contribution is 2.32. The van der Waals surface area contributed by atoms with Gasteiger partial charge in [-0.05, 0) is 30.3 Å². The molecule has 5 aromatic rings. The van der Waals surface area contributed by atoms with Crippen LogP contribution in [-0.4, -0.2) is 9.38 Å². The summed E-state index contributed by atoms with van der Waals surface area (Å²) in [6, 6.07) is 26.8. The third kappa shape index (κ3) is 1.93. The van der Waals surface area contributed by atoms with Crippen LogP contribution in [0.4, 0.5) is 0 Å². The van der Waals surface area contributed by atoms with Gasteiger partial charge >= 0.3 is 0 Å². The van der Waals surface area contributed by atoms with Crippen molar-refractivity contribution in [3.8, 4) is 11.3 Å². The monoisotopic (exact) mass is 328 g/mol. The van der Waals surface area contributed by atoms with Crippen molar-refractivity contribution in [2.24, 2.45) is 0 Å². The molecule has 0 fully saturated rings. The van der Waals surface area contributed by atoms with Gasteiger partial charge in [-0.15, -0.1) is 0 Å². The fourth-order valence-electron chi connectivity index (χ4n) is 3.35. The molecule has 5 rings (SSSR count). The standard InChI is InChI=1S/C21H13ClN2/c22-16-10-11-17-19(13-16)24-18-9-5-4-8-15(18)12-20(24)21(23-17)14-6-2-1-3-7-14/h1-13H. The normalized spacial score (nSPS) is 11.5. The third-order valence-corrected chi connectivity index (χ3v) is 4.65. The predicted octanol–water partition coefficient (Wildman–Crippen LogP) is 5.96. The second kappa shape index (κ2) is 5.08. The molecule has 0 spiro atoms. The van der Waals surface area contributed by atoms with E-state index in [1.165, 1.54) is 10.9 Å². The van der Waals surface area contributed by atoms with Crippen LogP contribution in [0.2, 0.25) is 5.02 Å². The van der Waals surface area contributed by atoms with E-state index >= 15 is 0 Å². The van der Waals surface area contributed by atoms with Crippen molar-refractivity contribution in [2.45, 2.75) is 0 Å². The maximum atomic E-state index is 6.25. The van der Waals surface area contributed by atoms with Gasteiger partial charge in [-0.1, -0.05) is 60.1 Å². The summed E-state index contributed by atoms with van der Waals surface area (Å²) in [5.74, 6) is 0. The molecule has 0 aliphatic heterocycles. The highest BCUT2D eigenvalue weighted by Gasteiger charge is 2.13.